The quantitative estimate of drug-likeness (QED) is 0.600. The number of aromatic nitrogens is 3. The molecule has 5 rings (SSSR count). The molecule has 174 valence electrons. The summed E-state index contributed by atoms with van der Waals surface area (Å²) in [6.45, 7) is 3.57. The second-order valence-corrected chi connectivity index (χ2v) is 8.78. The minimum absolute atomic E-state index is 0.0826. The van der Waals surface area contributed by atoms with Crippen LogP contribution in [-0.2, 0) is 6.54 Å². The van der Waals surface area contributed by atoms with E-state index in [1.54, 1.807) is 0 Å². The standard InChI is InChI=1S/C22H22F3N5O3/c1-22(2)5-6-32-16-4-3-13(23)7-12(16)9-29-15(18(24)25)11-33-17-10-30-19(27-20(17)29)14(8-26-30)21(31)28-22/h3-4,7-8,10,15,18H,5-6,9,11H2,1-2H3,(H,28,31)/t15-/m0/s1. The fourth-order valence-corrected chi connectivity index (χ4v) is 4.03. The van der Waals surface area contributed by atoms with Crippen LogP contribution < -0.4 is 19.7 Å². The molecule has 2 aliphatic rings. The number of nitrogens with zero attached hydrogens (tertiary/aromatic N) is 4. The Kier molecular flexibility index (Phi) is 5.06. The smallest absolute Gasteiger partial charge is 0.261 e. The van der Waals surface area contributed by atoms with E-state index in [1.165, 1.54) is 40.0 Å². The maximum atomic E-state index is 14.1. The molecule has 2 bridgehead atoms. The van der Waals surface area contributed by atoms with Gasteiger partial charge in [-0.25, -0.2) is 22.7 Å². The minimum atomic E-state index is -2.75. The lowest BCUT2D eigenvalue weighted by molar-refractivity contribution is 0.0765. The summed E-state index contributed by atoms with van der Waals surface area (Å²) >= 11 is 0. The number of carbonyl (C=O) groups excluding carboxylic acids is 1. The van der Waals surface area contributed by atoms with Gasteiger partial charge in [0.1, 0.15) is 29.8 Å². The van der Waals surface area contributed by atoms with E-state index in [2.05, 4.69) is 15.4 Å². The van der Waals surface area contributed by atoms with Crippen molar-refractivity contribution in [3.05, 3.63) is 47.5 Å². The fourth-order valence-electron chi connectivity index (χ4n) is 4.03. The Bertz CT molecular complexity index is 1230. The van der Waals surface area contributed by atoms with Gasteiger partial charge in [0.25, 0.3) is 12.3 Å². The molecule has 8 nitrogen and oxygen atoms in total. The van der Waals surface area contributed by atoms with Crippen molar-refractivity contribution in [1.82, 2.24) is 19.9 Å². The van der Waals surface area contributed by atoms with Gasteiger partial charge >= 0.3 is 0 Å². The summed E-state index contributed by atoms with van der Waals surface area (Å²) in [4.78, 5) is 18.9. The molecule has 0 fully saturated rings. The van der Waals surface area contributed by atoms with E-state index < -0.39 is 29.7 Å². The van der Waals surface area contributed by atoms with Gasteiger partial charge in [-0.1, -0.05) is 0 Å². The summed E-state index contributed by atoms with van der Waals surface area (Å²) in [5.41, 5.74) is 0.190. The molecule has 11 heteroatoms. The lowest BCUT2D eigenvalue weighted by atomic mass is 10.0. The summed E-state index contributed by atoms with van der Waals surface area (Å²) in [5.74, 6) is -0.158. The van der Waals surface area contributed by atoms with Gasteiger partial charge in [0.15, 0.2) is 17.2 Å². The highest BCUT2D eigenvalue weighted by atomic mass is 19.3. The molecule has 3 aromatic rings. The minimum Gasteiger partial charge on any atom is -0.493 e. The molecular weight excluding hydrogens is 439 g/mol. The fraction of sp³-hybridized carbons (Fsp3) is 0.409. The van der Waals surface area contributed by atoms with Gasteiger partial charge in [-0.15, -0.1) is 0 Å². The van der Waals surface area contributed by atoms with Gasteiger partial charge in [-0.2, -0.15) is 5.10 Å². The van der Waals surface area contributed by atoms with Gasteiger partial charge in [-0.3, -0.25) is 4.79 Å². The Morgan fingerprint density at radius 2 is 2.06 bits per heavy atom. The van der Waals surface area contributed by atoms with E-state index in [0.29, 0.717) is 17.7 Å². The number of anilines is 1. The van der Waals surface area contributed by atoms with Crippen LogP contribution in [0.4, 0.5) is 19.0 Å². The predicted molar refractivity (Wildman–Crippen MR) is 113 cm³/mol. The number of halogens is 3. The van der Waals surface area contributed by atoms with Gasteiger partial charge in [-0.05, 0) is 32.0 Å². The second-order valence-electron chi connectivity index (χ2n) is 8.78. The van der Waals surface area contributed by atoms with Crippen molar-refractivity contribution < 1.29 is 27.4 Å². The summed E-state index contributed by atoms with van der Waals surface area (Å²) < 4.78 is 54.9. The highest BCUT2D eigenvalue weighted by Crippen LogP contribution is 2.37. The first kappa shape index (κ1) is 21.4. The SMILES string of the molecule is CC1(C)CCOc2ccc(F)cc2CN2c3nc4c(cnn4cc3OC[C@H]2C(F)F)C(=O)N1. The summed E-state index contributed by atoms with van der Waals surface area (Å²) in [6, 6.07) is 2.68. The Hall–Kier alpha value is -3.50. The first-order chi connectivity index (χ1) is 15.7. The third-order valence-electron chi connectivity index (χ3n) is 5.86. The number of rotatable bonds is 1. The number of ether oxygens (including phenoxy) is 2. The highest BCUT2D eigenvalue weighted by molar-refractivity contribution is 6.00. The van der Waals surface area contributed by atoms with Crippen LogP contribution in [0.25, 0.3) is 5.65 Å². The maximum Gasteiger partial charge on any atom is 0.261 e. The molecule has 0 saturated carbocycles. The zero-order chi connectivity index (χ0) is 23.3. The van der Waals surface area contributed by atoms with E-state index in [0.717, 1.165) is 0 Å². The average Bonchev–Trinajstić information content (AvgIpc) is 3.16. The Morgan fingerprint density at radius 3 is 2.85 bits per heavy atom. The first-order valence-electron chi connectivity index (χ1n) is 10.5. The average molecular weight is 461 g/mol. The predicted octanol–water partition coefficient (Wildman–Crippen LogP) is 3.19. The Morgan fingerprint density at radius 1 is 1.24 bits per heavy atom. The van der Waals surface area contributed by atoms with Crippen molar-refractivity contribution in [2.45, 2.75) is 44.8 Å². The van der Waals surface area contributed by atoms with E-state index in [1.807, 2.05) is 13.8 Å². The van der Waals surface area contributed by atoms with Crippen LogP contribution in [0.1, 0.15) is 36.2 Å². The lowest BCUT2D eigenvalue weighted by Crippen LogP contribution is -2.48. The number of carbonyl (C=O) groups is 1. The normalized spacial score (nSPS) is 20.1. The third-order valence-corrected chi connectivity index (χ3v) is 5.86. The van der Waals surface area contributed by atoms with Crippen LogP contribution >= 0.6 is 0 Å². The number of amides is 1. The molecule has 1 atom stereocenters. The molecule has 0 radical (unpaired) electrons. The summed E-state index contributed by atoms with van der Waals surface area (Å²) in [7, 11) is 0. The molecule has 0 spiro atoms. The van der Waals surface area contributed by atoms with Crippen molar-refractivity contribution in [3.8, 4) is 11.5 Å². The second kappa shape index (κ2) is 7.82. The number of benzene rings is 1. The van der Waals surface area contributed by atoms with Crippen molar-refractivity contribution in [1.29, 1.82) is 0 Å². The molecular formula is C22H22F3N5O3. The highest BCUT2D eigenvalue weighted by Gasteiger charge is 2.37. The zero-order valence-electron chi connectivity index (χ0n) is 18.0. The first-order valence-corrected chi connectivity index (χ1v) is 10.5. The van der Waals surface area contributed by atoms with Crippen LogP contribution in [0.3, 0.4) is 0 Å². The molecule has 2 aromatic heterocycles. The molecule has 33 heavy (non-hydrogen) atoms. The molecule has 0 unspecified atom stereocenters. The molecule has 0 aliphatic carbocycles. The topological polar surface area (TPSA) is 81.0 Å². The lowest BCUT2D eigenvalue weighted by Gasteiger charge is -2.37. The van der Waals surface area contributed by atoms with Crippen molar-refractivity contribution in [2.75, 3.05) is 18.1 Å². The van der Waals surface area contributed by atoms with Crippen LogP contribution in [0, 0.1) is 5.82 Å². The van der Waals surface area contributed by atoms with Gasteiger partial charge in [0, 0.05) is 24.1 Å². The van der Waals surface area contributed by atoms with Crippen molar-refractivity contribution in [3.63, 3.8) is 0 Å². The van der Waals surface area contributed by atoms with Crippen molar-refractivity contribution in [2.24, 2.45) is 0 Å². The van der Waals surface area contributed by atoms with Crippen molar-refractivity contribution >= 4 is 17.4 Å². The van der Waals surface area contributed by atoms with Gasteiger partial charge in [0.2, 0.25) is 0 Å². The Balaban J connectivity index is 1.70. The Labute approximate surface area is 187 Å². The summed E-state index contributed by atoms with van der Waals surface area (Å²) in [6.07, 6.45) is 0.584. The zero-order valence-corrected chi connectivity index (χ0v) is 18.0. The largest absolute Gasteiger partial charge is 0.493 e. The maximum absolute atomic E-state index is 14.1. The third kappa shape index (κ3) is 3.91. The van der Waals surface area contributed by atoms with Gasteiger partial charge < -0.3 is 19.7 Å². The number of hydrogen-bond donors (Lipinski definition) is 1. The molecule has 1 N–H and O–H groups in total. The van der Waals surface area contributed by atoms with Crippen LogP contribution in [-0.4, -0.2) is 51.7 Å². The molecule has 4 heterocycles. The van der Waals surface area contributed by atoms with Crippen LogP contribution in [0.15, 0.2) is 30.6 Å². The number of hydrogen-bond acceptors (Lipinski definition) is 6. The van der Waals surface area contributed by atoms with Crippen LogP contribution in [0.5, 0.6) is 11.5 Å². The number of fused-ring (bicyclic) bond motifs is 1. The monoisotopic (exact) mass is 461 g/mol. The van der Waals surface area contributed by atoms with Gasteiger partial charge in [0.05, 0.1) is 19.0 Å². The summed E-state index contributed by atoms with van der Waals surface area (Å²) in [5, 5.41) is 7.12. The van der Waals surface area contributed by atoms with E-state index >= 15 is 0 Å². The van der Waals surface area contributed by atoms with E-state index in [9.17, 15) is 18.0 Å². The molecule has 1 amide bonds. The van der Waals surface area contributed by atoms with E-state index in [-0.39, 0.29) is 42.5 Å². The van der Waals surface area contributed by atoms with Crippen LogP contribution in [0.2, 0.25) is 0 Å². The molecule has 0 saturated heterocycles. The molecule has 1 aromatic carbocycles. The number of nitrogens with one attached hydrogen (secondary N) is 1. The van der Waals surface area contributed by atoms with E-state index in [4.69, 9.17) is 9.47 Å². The number of alkyl halides is 2. The molecule has 2 aliphatic heterocycles.